The van der Waals surface area contributed by atoms with Crippen molar-refractivity contribution in [1.29, 1.82) is 0 Å². The molecule has 2 aromatic rings. The SMILES string of the molecule is C/C=C/c1ccc(OS(=O)(=O)c2cc([N+](=O)[O-])ccc2OC)c(OC)c1. The van der Waals surface area contributed by atoms with Crippen LogP contribution in [0.5, 0.6) is 17.2 Å². The van der Waals surface area contributed by atoms with Crippen molar-refractivity contribution in [1.82, 2.24) is 0 Å². The van der Waals surface area contributed by atoms with Crippen LogP contribution < -0.4 is 13.7 Å². The first-order chi connectivity index (χ1) is 12.3. The van der Waals surface area contributed by atoms with Crippen LogP contribution in [0.2, 0.25) is 0 Å². The average molecular weight is 379 g/mol. The summed E-state index contributed by atoms with van der Waals surface area (Å²) >= 11 is 0. The molecule has 138 valence electrons. The number of non-ortho nitro benzene ring substituents is 1. The van der Waals surface area contributed by atoms with Crippen LogP contribution in [0.3, 0.4) is 0 Å². The smallest absolute Gasteiger partial charge is 0.343 e. The fraction of sp³-hybridized carbons (Fsp3) is 0.176. The molecule has 0 aliphatic carbocycles. The first kappa shape index (κ1) is 19.3. The van der Waals surface area contributed by atoms with Crippen molar-refractivity contribution in [3.8, 4) is 17.2 Å². The number of benzene rings is 2. The second-order valence-electron chi connectivity index (χ2n) is 5.04. The van der Waals surface area contributed by atoms with Crippen LogP contribution in [0.1, 0.15) is 12.5 Å². The maximum atomic E-state index is 12.6. The molecule has 9 heteroatoms. The van der Waals surface area contributed by atoms with Crippen molar-refractivity contribution in [3.63, 3.8) is 0 Å². The molecule has 0 N–H and O–H groups in total. The third kappa shape index (κ3) is 4.12. The highest BCUT2D eigenvalue weighted by Crippen LogP contribution is 2.34. The Kier molecular flexibility index (Phi) is 5.83. The molecule has 0 radical (unpaired) electrons. The van der Waals surface area contributed by atoms with Crippen LogP contribution in [0.15, 0.2) is 47.4 Å². The number of nitro benzene ring substituents is 1. The van der Waals surface area contributed by atoms with Gasteiger partial charge in [-0.25, -0.2) is 0 Å². The molecule has 2 aromatic carbocycles. The summed E-state index contributed by atoms with van der Waals surface area (Å²) in [5, 5.41) is 10.9. The molecule has 0 fully saturated rings. The van der Waals surface area contributed by atoms with Gasteiger partial charge in [-0.3, -0.25) is 10.1 Å². The maximum absolute atomic E-state index is 12.6. The third-order valence-electron chi connectivity index (χ3n) is 3.37. The van der Waals surface area contributed by atoms with Gasteiger partial charge < -0.3 is 13.7 Å². The van der Waals surface area contributed by atoms with Crippen LogP contribution >= 0.6 is 0 Å². The van der Waals surface area contributed by atoms with E-state index in [4.69, 9.17) is 13.7 Å². The molecule has 0 spiro atoms. The summed E-state index contributed by atoms with van der Waals surface area (Å²) in [6.07, 6.45) is 3.63. The van der Waals surface area contributed by atoms with Crippen molar-refractivity contribution >= 4 is 21.9 Å². The van der Waals surface area contributed by atoms with Gasteiger partial charge in [-0.2, -0.15) is 8.42 Å². The lowest BCUT2D eigenvalue weighted by atomic mass is 10.2. The molecule has 0 unspecified atom stereocenters. The quantitative estimate of drug-likeness (QED) is 0.412. The summed E-state index contributed by atoms with van der Waals surface area (Å²) in [6.45, 7) is 1.84. The van der Waals surface area contributed by atoms with Gasteiger partial charge in [0.05, 0.1) is 19.1 Å². The zero-order valence-electron chi connectivity index (χ0n) is 14.3. The molecule has 0 aliphatic heterocycles. The van der Waals surface area contributed by atoms with Crippen molar-refractivity contribution < 1.29 is 27.0 Å². The molecule has 0 amide bonds. The predicted molar refractivity (Wildman–Crippen MR) is 95.2 cm³/mol. The number of hydrogen-bond donors (Lipinski definition) is 0. The number of hydrogen-bond acceptors (Lipinski definition) is 7. The van der Waals surface area contributed by atoms with Gasteiger partial charge in [-0.05, 0) is 30.7 Å². The predicted octanol–water partition coefficient (Wildman–Crippen LogP) is 3.41. The van der Waals surface area contributed by atoms with Gasteiger partial charge in [0, 0.05) is 12.1 Å². The van der Waals surface area contributed by atoms with Crippen LogP contribution in [0.25, 0.3) is 6.08 Å². The molecule has 8 nitrogen and oxygen atoms in total. The van der Waals surface area contributed by atoms with Gasteiger partial charge in [-0.15, -0.1) is 0 Å². The second kappa shape index (κ2) is 7.87. The van der Waals surface area contributed by atoms with Gasteiger partial charge in [0.1, 0.15) is 5.75 Å². The molecular formula is C17H17NO7S. The molecule has 0 bridgehead atoms. The molecule has 0 saturated heterocycles. The summed E-state index contributed by atoms with van der Waals surface area (Å²) in [4.78, 5) is 9.79. The summed E-state index contributed by atoms with van der Waals surface area (Å²) in [5.41, 5.74) is 0.394. The number of allylic oxidation sites excluding steroid dienone is 1. The minimum atomic E-state index is -4.40. The highest BCUT2D eigenvalue weighted by atomic mass is 32.2. The number of nitro groups is 1. The number of nitrogens with zero attached hydrogens (tertiary/aromatic N) is 1. The minimum absolute atomic E-state index is 0.0469. The van der Waals surface area contributed by atoms with Crippen molar-refractivity contribution in [2.75, 3.05) is 14.2 Å². The summed E-state index contributed by atoms with van der Waals surface area (Å²) in [6, 6.07) is 7.92. The summed E-state index contributed by atoms with van der Waals surface area (Å²) in [5.74, 6) is 0.0861. The molecule has 2 rings (SSSR count). The van der Waals surface area contributed by atoms with Gasteiger partial charge >= 0.3 is 10.1 Å². The van der Waals surface area contributed by atoms with Crippen LogP contribution in [0.4, 0.5) is 5.69 Å². The summed E-state index contributed by atoms with van der Waals surface area (Å²) < 4.78 is 40.6. The highest BCUT2D eigenvalue weighted by Gasteiger charge is 2.26. The van der Waals surface area contributed by atoms with Gasteiger partial charge in [0.15, 0.2) is 16.4 Å². The van der Waals surface area contributed by atoms with Crippen LogP contribution in [-0.2, 0) is 10.1 Å². The zero-order chi connectivity index (χ0) is 19.3. The lowest BCUT2D eigenvalue weighted by molar-refractivity contribution is -0.385. The normalized spacial score (nSPS) is 11.3. The maximum Gasteiger partial charge on any atom is 0.343 e. The Morgan fingerprint density at radius 1 is 1.00 bits per heavy atom. The van der Waals surface area contributed by atoms with E-state index in [1.165, 1.54) is 26.4 Å². The largest absolute Gasteiger partial charge is 0.495 e. The van der Waals surface area contributed by atoms with Crippen molar-refractivity contribution in [2.45, 2.75) is 11.8 Å². The lowest BCUT2D eigenvalue weighted by Crippen LogP contribution is -2.12. The molecule has 0 aromatic heterocycles. The van der Waals surface area contributed by atoms with E-state index in [1.807, 2.05) is 19.1 Å². The number of methoxy groups -OCH3 is 2. The topological polar surface area (TPSA) is 105 Å². The number of rotatable bonds is 7. The zero-order valence-corrected chi connectivity index (χ0v) is 15.1. The van der Waals surface area contributed by atoms with Gasteiger partial charge in [0.25, 0.3) is 5.69 Å². The highest BCUT2D eigenvalue weighted by molar-refractivity contribution is 7.87. The third-order valence-corrected chi connectivity index (χ3v) is 4.63. The van der Waals surface area contributed by atoms with Crippen molar-refractivity contribution in [3.05, 3.63) is 58.2 Å². The molecule has 0 heterocycles. The Morgan fingerprint density at radius 3 is 2.23 bits per heavy atom. The molecule has 0 saturated carbocycles. The standard InChI is InChI=1S/C17H17NO7S/c1-4-5-12-6-8-14(16(10-12)24-3)25-26(21,22)17-11-13(18(19)20)7-9-15(17)23-2/h4-11H,1-3H3/b5-4+. The molecular weight excluding hydrogens is 362 g/mol. The van der Waals surface area contributed by atoms with Gasteiger partial charge in [-0.1, -0.05) is 18.2 Å². The summed E-state index contributed by atoms with van der Waals surface area (Å²) in [7, 11) is -1.76. The van der Waals surface area contributed by atoms with E-state index >= 15 is 0 Å². The first-order valence-corrected chi connectivity index (χ1v) is 8.81. The Balaban J connectivity index is 2.49. The number of ether oxygens (including phenoxy) is 2. The Morgan fingerprint density at radius 2 is 1.65 bits per heavy atom. The van der Waals surface area contributed by atoms with Crippen LogP contribution in [-0.4, -0.2) is 27.6 Å². The average Bonchev–Trinajstić information content (AvgIpc) is 2.62. The van der Waals surface area contributed by atoms with Crippen LogP contribution in [0, 0.1) is 10.1 Å². The second-order valence-corrected chi connectivity index (χ2v) is 6.55. The Hall–Kier alpha value is -3.07. The Bertz CT molecular complexity index is 952. The first-order valence-electron chi connectivity index (χ1n) is 7.40. The Labute approximate surface area is 150 Å². The van der Waals surface area contributed by atoms with E-state index in [9.17, 15) is 18.5 Å². The fourth-order valence-corrected chi connectivity index (χ4v) is 3.31. The van der Waals surface area contributed by atoms with E-state index in [1.54, 1.807) is 12.1 Å². The molecule has 0 aliphatic rings. The van der Waals surface area contributed by atoms with E-state index in [0.29, 0.717) is 0 Å². The minimum Gasteiger partial charge on any atom is -0.495 e. The van der Waals surface area contributed by atoms with E-state index in [0.717, 1.165) is 17.7 Å². The monoisotopic (exact) mass is 379 g/mol. The molecule has 0 atom stereocenters. The van der Waals surface area contributed by atoms with Gasteiger partial charge in [0.2, 0.25) is 0 Å². The van der Waals surface area contributed by atoms with E-state index in [-0.39, 0.29) is 17.2 Å². The fourth-order valence-electron chi connectivity index (χ4n) is 2.19. The van der Waals surface area contributed by atoms with E-state index in [2.05, 4.69) is 0 Å². The molecule has 26 heavy (non-hydrogen) atoms. The van der Waals surface area contributed by atoms with E-state index < -0.39 is 25.6 Å². The van der Waals surface area contributed by atoms with Crippen molar-refractivity contribution in [2.24, 2.45) is 0 Å². The lowest BCUT2D eigenvalue weighted by Gasteiger charge is -2.13.